The molecular formula is C32H68P+. The van der Waals surface area contributed by atoms with Gasteiger partial charge in [0.15, 0.2) is 0 Å². The number of hydrogen-bond donors (Lipinski definition) is 0. The summed E-state index contributed by atoms with van der Waals surface area (Å²) >= 11 is 0. The molecule has 0 spiro atoms. The first-order chi connectivity index (χ1) is 15.8. The Morgan fingerprint density at radius 2 is 0.606 bits per heavy atom. The molecule has 0 amide bonds. The standard InChI is InChI=1S/C32H68P/c1-8-9-10-11-12-13-14-15-16-17-18-19-20-21-22-23-24-25-26-33(27-30(2)3,28-31(4)5)29-32(6)7/h30-32H,8-29H2,1-7H3/q+1. The lowest BCUT2D eigenvalue weighted by molar-refractivity contribution is 0.526. The average molecular weight is 484 g/mol. The van der Waals surface area contributed by atoms with E-state index in [1.54, 1.807) is 24.6 Å². The molecule has 0 aliphatic heterocycles. The van der Waals surface area contributed by atoms with E-state index in [0.717, 1.165) is 17.8 Å². The van der Waals surface area contributed by atoms with E-state index in [2.05, 4.69) is 48.5 Å². The SMILES string of the molecule is CCCCCCCCCCCCCCCCCCCC[P+](CC(C)C)(CC(C)C)CC(C)C. The molecule has 0 radical (unpaired) electrons. The van der Waals surface area contributed by atoms with Gasteiger partial charge in [0.2, 0.25) is 0 Å². The van der Waals surface area contributed by atoms with Crippen molar-refractivity contribution in [1.29, 1.82) is 0 Å². The van der Waals surface area contributed by atoms with E-state index < -0.39 is 7.26 Å². The van der Waals surface area contributed by atoms with E-state index in [1.165, 1.54) is 116 Å². The van der Waals surface area contributed by atoms with Gasteiger partial charge in [-0.3, -0.25) is 0 Å². The molecule has 0 aliphatic carbocycles. The highest BCUT2D eigenvalue weighted by atomic mass is 31.2. The maximum absolute atomic E-state index is 2.46. The minimum atomic E-state index is -0.756. The first-order valence-electron chi connectivity index (χ1n) is 15.7. The zero-order chi connectivity index (χ0) is 24.8. The van der Waals surface area contributed by atoms with Gasteiger partial charge >= 0.3 is 0 Å². The van der Waals surface area contributed by atoms with E-state index in [1.807, 2.05) is 0 Å². The lowest BCUT2D eigenvalue weighted by Gasteiger charge is -2.32. The van der Waals surface area contributed by atoms with Crippen LogP contribution in [0, 0.1) is 17.8 Å². The second kappa shape index (κ2) is 22.9. The predicted molar refractivity (Wildman–Crippen MR) is 160 cm³/mol. The Morgan fingerprint density at radius 1 is 0.364 bits per heavy atom. The van der Waals surface area contributed by atoms with Gasteiger partial charge in [-0.15, -0.1) is 0 Å². The third-order valence-electron chi connectivity index (χ3n) is 7.24. The molecule has 0 heterocycles. The Kier molecular flexibility index (Phi) is 23.2. The molecule has 33 heavy (non-hydrogen) atoms. The number of hydrogen-bond acceptors (Lipinski definition) is 0. The van der Waals surface area contributed by atoms with Gasteiger partial charge < -0.3 is 0 Å². The lowest BCUT2D eigenvalue weighted by atomic mass is 10.0. The van der Waals surface area contributed by atoms with Crippen molar-refractivity contribution in [2.45, 2.75) is 164 Å². The highest BCUT2D eigenvalue weighted by molar-refractivity contribution is 7.75. The summed E-state index contributed by atoms with van der Waals surface area (Å²) < 4.78 is 0. The van der Waals surface area contributed by atoms with Crippen LogP contribution in [0.25, 0.3) is 0 Å². The summed E-state index contributed by atoms with van der Waals surface area (Å²) in [5.74, 6) is 2.64. The highest BCUT2D eigenvalue weighted by Crippen LogP contribution is 2.62. The Bertz CT molecular complexity index is 357. The van der Waals surface area contributed by atoms with Crippen LogP contribution in [0.1, 0.15) is 164 Å². The van der Waals surface area contributed by atoms with E-state index >= 15 is 0 Å². The minimum absolute atomic E-state index is 0.756. The molecule has 0 saturated heterocycles. The van der Waals surface area contributed by atoms with Crippen molar-refractivity contribution in [2.75, 3.05) is 24.6 Å². The lowest BCUT2D eigenvalue weighted by Crippen LogP contribution is -2.20. The molecule has 200 valence electrons. The van der Waals surface area contributed by atoms with Gasteiger partial charge in [-0.2, -0.15) is 0 Å². The third-order valence-corrected chi connectivity index (χ3v) is 13.0. The second-order valence-electron chi connectivity index (χ2n) is 12.8. The van der Waals surface area contributed by atoms with Crippen molar-refractivity contribution in [3.63, 3.8) is 0 Å². The Balaban J connectivity index is 3.70. The van der Waals surface area contributed by atoms with Crippen molar-refractivity contribution in [3.05, 3.63) is 0 Å². The molecule has 0 fully saturated rings. The van der Waals surface area contributed by atoms with Gasteiger partial charge in [-0.25, -0.2) is 0 Å². The predicted octanol–water partition coefficient (Wildman–Crippen LogP) is 12.0. The molecule has 0 nitrogen and oxygen atoms in total. The van der Waals surface area contributed by atoms with Crippen LogP contribution in [0.15, 0.2) is 0 Å². The minimum Gasteiger partial charge on any atom is -0.0654 e. The molecule has 0 N–H and O–H groups in total. The fraction of sp³-hybridized carbons (Fsp3) is 1.00. The number of unbranched alkanes of at least 4 members (excludes halogenated alkanes) is 17. The molecule has 1 heteroatoms. The van der Waals surface area contributed by atoms with Crippen LogP contribution in [-0.4, -0.2) is 24.6 Å². The van der Waals surface area contributed by atoms with Gasteiger partial charge in [-0.1, -0.05) is 151 Å². The summed E-state index contributed by atoms with van der Waals surface area (Å²) in [5.41, 5.74) is 0. The van der Waals surface area contributed by atoms with Crippen LogP contribution in [0.5, 0.6) is 0 Å². The zero-order valence-corrected chi connectivity index (χ0v) is 25.6. The van der Waals surface area contributed by atoms with Crippen molar-refractivity contribution >= 4 is 7.26 Å². The van der Waals surface area contributed by atoms with Crippen LogP contribution in [0.3, 0.4) is 0 Å². The topological polar surface area (TPSA) is 0 Å². The first-order valence-corrected chi connectivity index (χ1v) is 18.2. The van der Waals surface area contributed by atoms with Gasteiger partial charge in [0.25, 0.3) is 0 Å². The van der Waals surface area contributed by atoms with E-state index in [-0.39, 0.29) is 0 Å². The Morgan fingerprint density at radius 3 is 0.848 bits per heavy atom. The highest BCUT2D eigenvalue weighted by Gasteiger charge is 2.38. The maximum atomic E-state index is 2.46. The molecule has 0 unspecified atom stereocenters. The van der Waals surface area contributed by atoms with Crippen LogP contribution < -0.4 is 0 Å². The number of rotatable bonds is 25. The third kappa shape index (κ3) is 22.6. The molecular weight excluding hydrogens is 415 g/mol. The normalized spacial score (nSPS) is 12.5. The van der Waals surface area contributed by atoms with Crippen molar-refractivity contribution in [1.82, 2.24) is 0 Å². The molecule has 0 aromatic heterocycles. The van der Waals surface area contributed by atoms with E-state index in [4.69, 9.17) is 0 Å². The van der Waals surface area contributed by atoms with Gasteiger partial charge in [0, 0.05) is 7.26 Å². The van der Waals surface area contributed by atoms with Crippen LogP contribution in [0.2, 0.25) is 0 Å². The average Bonchev–Trinajstić information content (AvgIpc) is 2.71. The molecule has 0 aliphatic rings. The van der Waals surface area contributed by atoms with Crippen LogP contribution in [0.4, 0.5) is 0 Å². The van der Waals surface area contributed by atoms with E-state index in [9.17, 15) is 0 Å². The Hall–Kier alpha value is 0.430. The summed E-state index contributed by atoms with van der Waals surface area (Å²) in [4.78, 5) is 0. The van der Waals surface area contributed by atoms with Crippen molar-refractivity contribution in [3.8, 4) is 0 Å². The monoisotopic (exact) mass is 484 g/mol. The van der Waals surface area contributed by atoms with Crippen LogP contribution in [-0.2, 0) is 0 Å². The maximum Gasteiger partial charge on any atom is 0.0617 e. The Labute approximate surface area is 213 Å². The van der Waals surface area contributed by atoms with Gasteiger partial charge in [0.05, 0.1) is 24.6 Å². The quantitative estimate of drug-likeness (QED) is 0.0894. The molecule has 0 rings (SSSR count). The fourth-order valence-corrected chi connectivity index (χ4v) is 12.7. The largest absolute Gasteiger partial charge is 0.0654 e. The first kappa shape index (κ1) is 33.4. The summed E-state index contributed by atoms with van der Waals surface area (Å²) in [7, 11) is -0.756. The smallest absolute Gasteiger partial charge is 0.0617 e. The summed E-state index contributed by atoms with van der Waals surface area (Å²) in [6.07, 6.45) is 32.8. The fourth-order valence-electron chi connectivity index (χ4n) is 6.17. The second-order valence-corrected chi connectivity index (χ2v) is 17.0. The summed E-state index contributed by atoms with van der Waals surface area (Å²) in [6.45, 7) is 17.1. The molecule has 0 aromatic carbocycles. The molecule has 0 atom stereocenters. The van der Waals surface area contributed by atoms with Crippen molar-refractivity contribution < 1.29 is 0 Å². The summed E-state index contributed by atoms with van der Waals surface area (Å²) in [5, 5.41) is 0. The van der Waals surface area contributed by atoms with Gasteiger partial charge in [-0.05, 0) is 30.6 Å². The molecule has 0 bridgehead atoms. The van der Waals surface area contributed by atoms with Crippen molar-refractivity contribution in [2.24, 2.45) is 17.8 Å². The zero-order valence-electron chi connectivity index (χ0n) is 24.7. The summed E-state index contributed by atoms with van der Waals surface area (Å²) in [6, 6.07) is 0. The molecule has 0 aromatic rings. The molecule has 0 saturated carbocycles. The van der Waals surface area contributed by atoms with Crippen LogP contribution >= 0.6 is 7.26 Å². The van der Waals surface area contributed by atoms with Gasteiger partial charge in [0.1, 0.15) is 0 Å². The van der Waals surface area contributed by atoms with E-state index in [0.29, 0.717) is 0 Å².